The molecule has 6 heteroatoms. The van der Waals surface area contributed by atoms with E-state index in [1.54, 1.807) is 0 Å². The summed E-state index contributed by atoms with van der Waals surface area (Å²) in [5.41, 5.74) is 9.13. The van der Waals surface area contributed by atoms with Crippen molar-refractivity contribution in [2.75, 3.05) is 18.7 Å². The average molecular weight is 373 g/mol. The fourth-order valence-corrected chi connectivity index (χ4v) is 3.60. The SMILES string of the molecule is NC1=N[C@@](c2ccccc2)(c2cccc(Nc3ccc4c(c3)OCO4)c2)CO1. The van der Waals surface area contributed by atoms with Crippen molar-refractivity contribution in [3.05, 3.63) is 83.9 Å². The van der Waals surface area contributed by atoms with Gasteiger partial charge in [0.1, 0.15) is 6.61 Å². The molecule has 0 saturated carbocycles. The maximum atomic E-state index is 5.89. The molecule has 2 aliphatic heterocycles. The summed E-state index contributed by atoms with van der Waals surface area (Å²) in [5.74, 6) is 1.50. The van der Waals surface area contributed by atoms with Crippen LogP contribution in [0.15, 0.2) is 77.8 Å². The summed E-state index contributed by atoms with van der Waals surface area (Å²) in [5, 5.41) is 3.42. The number of nitrogens with one attached hydrogen (secondary N) is 1. The maximum Gasteiger partial charge on any atom is 0.283 e. The average Bonchev–Trinajstić information content (AvgIpc) is 3.36. The zero-order chi connectivity index (χ0) is 19.0. The number of anilines is 2. The largest absolute Gasteiger partial charge is 0.462 e. The lowest BCUT2D eigenvalue weighted by Gasteiger charge is -2.25. The third-order valence-electron chi connectivity index (χ3n) is 4.98. The number of fused-ring (bicyclic) bond motifs is 1. The molecule has 6 nitrogen and oxygen atoms in total. The summed E-state index contributed by atoms with van der Waals surface area (Å²) in [7, 11) is 0. The van der Waals surface area contributed by atoms with E-state index in [0.29, 0.717) is 6.61 Å². The topological polar surface area (TPSA) is 78.1 Å². The van der Waals surface area contributed by atoms with Crippen LogP contribution in [-0.2, 0) is 10.3 Å². The second kappa shape index (κ2) is 6.49. The molecule has 0 fully saturated rings. The smallest absolute Gasteiger partial charge is 0.283 e. The van der Waals surface area contributed by atoms with E-state index in [9.17, 15) is 0 Å². The Balaban J connectivity index is 1.51. The van der Waals surface area contributed by atoms with Crippen LogP contribution >= 0.6 is 0 Å². The molecule has 0 bridgehead atoms. The Labute approximate surface area is 162 Å². The fraction of sp³-hybridized carbons (Fsp3) is 0.136. The third kappa shape index (κ3) is 2.79. The molecule has 3 aromatic carbocycles. The molecule has 28 heavy (non-hydrogen) atoms. The van der Waals surface area contributed by atoms with Gasteiger partial charge in [-0.3, -0.25) is 0 Å². The minimum absolute atomic E-state index is 0.206. The van der Waals surface area contributed by atoms with Gasteiger partial charge < -0.3 is 25.3 Å². The van der Waals surface area contributed by atoms with Gasteiger partial charge >= 0.3 is 0 Å². The van der Waals surface area contributed by atoms with E-state index >= 15 is 0 Å². The van der Waals surface area contributed by atoms with E-state index in [2.05, 4.69) is 16.4 Å². The van der Waals surface area contributed by atoms with Crippen LogP contribution in [0.1, 0.15) is 11.1 Å². The highest BCUT2D eigenvalue weighted by molar-refractivity contribution is 5.75. The van der Waals surface area contributed by atoms with Gasteiger partial charge in [0.05, 0.1) is 0 Å². The number of nitrogens with two attached hydrogens (primary N) is 1. The molecule has 1 atom stereocenters. The Morgan fingerprint density at radius 1 is 0.786 bits per heavy atom. The third-order valence-corrected chi connectivity index (χ3v) is 4.98. The van der Waals surface area contributed by atoms with Crippen LogP contribution in [-0.4, -0.2) is 19.4 Å². The molecule has 0 aliphatic carbocycles. The van der Waals surface area contributed by atoms with E-state index in [-0.39, 0.29) is 12.8 Å². The van der Waals surface area contributed by atoms with Crippen LogP contribution in [0.25, 0.3) is 0 Å². The monoisotopic (exact) mass is 373 g/mol. The molecule has 2 aliphatic rings. The number of hydrogen-bond acceptors (Lipinski definition) is 6. The van der Waals surface area contributed by atoms with E-state index in [0.717, 1.165) is 34.0 Å². The summed E-state index contributed by atoms with van der Waals surface area (Å²) in [6.07, 6.45) is 0. The molecule has 0 amide bonds. The fourth-order valence-electron chi connectivity index (χ4n) is 3.60. The molecule has 3 N–H and O–H groups in total. The predicted octanol–water partition coefficient (Wildman–Crippen LogP) is 3.75. The van der Waals surface area contributed by atoms with Crippen molar-refractivity contribution < 1.29 is 14.2 Å². The lowest BCUT2D eigenvalue weighted by Crippen LogP contribution is -2.27. The number of nitrogens with zero attached hydrogens (tertiary/aromatic N) is 1. The Hall–Kier alpha value is -3.67. The Bertz CT molecular complexity index is 1050. The van der Waals surface area contributed by atoms with Crippen molar-refractivity contribution in [1.29, 1.82) is 0 Å². The Morgan fingerprint density at radius 2 is 1.57 bits per heavy atom. The summed E-state index contributed by atoms with van der Waals surface area (Å²) in [6.45, 7) is 0.629. The standard InChI is InChI=1S/C22H19N3O3/c23-21-25-22(13-26-21,15-5-2-1-3-6-15)16-7-4-8-17(11-16)24-18-9-10-19-20(12-18)28-14-27-19/h1-12,24H,13-14H2,(H2,23,25)/t22-/m0/s1. The van der Waals surface area contributed by atoms with Crippen molar-refractivity contribution in [2.45, 2.75) is 5.54 Å². The first kappa shape index (κ1) is 16.5. The van der Waals surface area contributed by atoms with Crippen LogP contribution in [0.4, 0.5) is 11.4 Å². The van der Waals surface area contributed by atoms with Gasteiger partial charge in [0.2, 0.25) is 6.79 Å². The lowest BCUT2D eigenvalue weighted by molar-refractivity contribution is 0.174. The predicted molar refractivity (Wildman–Crippen MR) is 107 cm³/mol. The van der Waals surface area contributed by atoms with Crippen molar-refractivity contribution in [3.8, 4) is 11.5 Å². The van der Waals surface area contributed by atoms with Crippen molar-refractivity contribution >= 4 is 17.4 Å². The molecule has 0 radical (unpaired) electrons. The number of rotatable bonds is 4. The van der Waals surface area contributed by atoms with Gasteiger partial charge in [0, 0.05) is 17.4 Å². The first-order valence-corrected chi connectivity index (χ1v) is 9.04. The Kier molecular flexibility index (Phi) is 3.83. The van der Waals surface area contributed by atoms with E-state index < -0.39 is 5.54 Å². The highest BCUT2D eigenvalue weighted by Gasteiger charge is 2.40. The number of hydrogen-bond donors (Lipinski definition) is 2. The summed E-state index contributed by atoms with van der Waals surface area (Å²) >= 11 is 0. The lowest BCUT2D eigenvalue weighted by atomic mass is 9.84. The van der Waals surface area contributed by atoms with Gasteiger partial charge in [0.15, 0.2) is 17.0 Å². The van der Waals surface area contributed by atoms with Gasteiger partial charge in [-0.05, 0) is 35.4 Å². The van der Waals surface area contributed by atoms with E-state index in [1.165, 1.54) is 0 Å². The minimum atomic E-state index is -0.655. The zero-order valence-corrected chi connectivity index (χ0v) is 15.1. The molecule has 0 spiro atoms. The molecule has 0 saturated heterocycles. The first-order chi connectivity index (χ1) is 13.7. The van der Waals surface area contributed by atoms with Gasteiger partial charge in [-0.1, -0.05) is 42.5 Å². The molecular weight excluding hydrogens is 354 g/mol. The molecule has 3 aromatic rings. The molecule has 0 unspecified atom stereocenters. The molecule has 0 aromatic heterocycles. The van der Waals surface area contributed by atoms with Gasteiger partial charge in [-0.2, -0.15) is 0 Å². The minimum Gasteiger partial charge on any atom is -0.462 e. The maximum absolute atomic E-state index is 5.89. The summed E-state index contributed by atoms with van der Waals surface area (Å²) < 4.78 is 16.4. The van der Waals surface area contributed by atoms with Gasteiger partial charge in [-0.25, -0.2) is 4.99 Å². The highest BCUT2D eigenvalue weighted by Crippen LogP contribution is 2.39. The molecule has 5 rings (SSSR count). The quantitative estimate of drug-likeness (QED) is 0.728. The second-order valence-corrected chi connectivity index (χ2v) is 6.74. The van der Waals surface area contributed by atoms with E-state index in [1.807, 2.05) is 66.7 Å². The van der Waals surface area contributed by atoms with Crippen molar-refractivity contribution in [3.63, 3.8) is 0 Å². The number of ether oxygens (including phenoxy) is 3. The van der Waals surface area contributed by atoms with Gasteiger partial charge in [0.25, 0.3) is 6.02 Å². The zero-order valence-electron chi connectivity index (χ0n) is 15.1. The van der Waals surface area contributed by atoms with Crippen LogP contribution < -0.4 is 20.5 Å². The first-order valence-electron chi connectivity index (χ1n) is 9.04. The van der Waals surface area contributed by atoms with Crippen LogP contribution in [0, 0.1) is 0 Å². The normalized spacial score (nSPS) is 19.8. The molecule has 2 heterocycles. The number of benzene rings is 3. The summed E-state index contributed by atoms with van der Waals surface area (Å²) in [6, 6.07) is 24.2. The van der Waals surface area contributed by atoms with E-state index in [4.69, 9.17) is 19.9 Å². The van der Waals surface area contributed by atoms with Crippen LogP contribution in [0.5, 0.6) is 11.5 Å². The summed E-state index contributed by atoms with van der Waals surface area (Å²) in [4.78, 5) is 4.66. The van der Waals surface area contributed by atoms with Crippen LogP contribution in [0.3, 0.4) is 0 Å². The number of amidine groups is 1. The number of aliphatic imine (C=N–C) groups is 1. The van der Waals surface area contributed by atoms with Crippen molar-refractivity contribution in [2.24, 2.45) is 10.7 Å². The Morgan fingerprint density at radius 3 is 2.39 bits per heavy atom. The second-order valence-electron chi connectivity index (χ2n) is 6.74. The molecular formula is C22H19N3O3. The van der Waals surface area contributed by atoms with Crippen molar-refractivity contribution in [1.82, 2.24) is 0 Å². The molecule has 140 valence electrons. The highest BCUT2D eigenvalue weighted by atomic mass is 16.7. The van der Waals surface area contributed by atoms with Crippen LogP contribution in [0.2, 0.25) is 0 Å². The van der Waals surface area contributed by atoms with Gasteiger partial charge in [-0.15, -0.1) is 0 Å².